The monoisotopic (exact) mass is 279 g/mol. The van der Waals surface area contributed by atoms with E-state index in [1.165, 1.54) is 4.90 Å². The van der Waals surface area contributed by atoms with Gasteiger partial charge in [0.1, 0.15) is 11.3 Å². The van der Waals surface area contributed by atoms with Crippen LogP contribution in [-0.4, -0.2) is 34.0 Å². The lowest BCUT2D eigenvalue weighted by Gasteiger charge is -2.30. The number of hydrogen-bond donors (Lipinski definition) is 1. The Labute approximate surface area is 118 Å². The lowest BCUT2D eigenvalue weighted by molar-refractivity contribution is -0.147. The van der Waals surface area contributed by atoms with E-state index in [4.69, 9.17) is 4.42 Å². The fraction of sp³-hybridized carbons (Fsp3) is 0.600. The Morgan fingerprint density at radius 3 is 2.60 bits per heavy atom. The van der Waals surface area contributed by atoms with Gasteiger partial charge in [0.15, 0.2) is 5.76 Å². The summed E-state index contributed by atoms with van der Waals surface area (Å²) < 4.78 is 5.62. The standard InChI is InChI=1S/C15H21NO4/c1-4-10-9-12(20-11(10)5-2)13(17)16-8-6-7-15(16,3)14(18)19/h9H,4-8H2,1-3H3,(H,18,19). The van der Waals surface area contributed by atoms with E-state index in [1.54, 1.807) is 13.0 Å². The first-order valence-electron chi connectivity index (χ1n) is 7.11. The molecule has 1 amide bonds. The van der Waals surface area contributed by atoms with Crippen LogP contribution in [0.15, 0.2) is 10.5 Å². The van der Waals surface area contributed by atoms with Gasteiger partial charge in [-0.2, -0.15) is 0 Å². The van der Waals surface area contributed by atoms with Gasteiger partial charge in [0.05, 0.1) is 0 Å². The van der Waals surface area contributed by atoms with E-state index < -0.39 is 11.5 Å². The summed E-state index contributed by atoms with van der Waals surface area (Å²) in [5.41, 5.74) is -0.102. The van der Waals surface area contributed by atoms with Crippen LogP contribution < -0.4 is 0 Å². The van der Waals surface area contributed by atoms with Crippen molar-refractivity contribution in [2.24, 2.45) is 0 Å². The molecule has 1 aromatic rings. The molecule has 0 radical (unpaired) electrons. The van der Waals surface area contributed by atoms with Crippen molar-refractivity contribution in [2.45, 2.75) is 52.0 Å². The SMILES string of the molecule is CCc1cc(C(=O)N2CCCC2(C)C(=O)O)oc1CC. The molecule has 1 aliphatic rings. The van der Waals surface area contributed by atoms with Crippen LogP contribution in [-0.2, 0) is 17.6 Å². The highest BCUT2D eigenvalue weighted by molar-refractivity contribution is 5.96. The number of nitrogens with zero attached hydrogens (tertiary/aromatic N) is 1. The Balaban J connectivity index is 2.31. The zero-order valence-electron chi connectivity index (χ0n) is 12.2. The summed E-state index contributed by atoms with van der Waals surface area (Å²) in [5.74, 6) is -0.205. The van der Waals surface area contributed by atoms with Gasteiger partial charge in [-0.25, -0.2) is 4.79 Å². The fourth-order valence-electron chi connectivity index (χ4n) is 2.81. The summed E-state index contributed by atoms with van der Waals surface area (Å²) in [4.78, 5) is 25.4. The summed E-state index contributed by atoms with van der Waals surface area (Å²) in [6.45, 7) is 6.05. The predicted octanol–water partition coefficient (Wildman–Crippen LogP) is 2.48. The van der Waals surface area contributed by atoms with Gasteiger partial charge in [-0.05, 0) is 37.8 Å². The summed E-state index contributed by atoms with van der Waals surface area (Å²) in [6, 6.07) is 1.75. The van der Waals surface area contributed by atoms with E-state index in [-0.39, 0.29) is 11.7 Å². The van der Waals surface area contributed by atoms with Crippen LogP contribution in [0.3, 0.4) is 0 Å². The highest BCUT2D eigenvalue weighted by Gasteiger charge is 2.46. The highest BCUT2D eigenvalue weighted by Crippen LogP contribution is 2.31. The van der Waals surface area contributed by atoms with Gasteiger partial charge in [-0.15, -0.1) is 0 Å². The number of carboxylic acids is 1. The average Bonchev–Trinajstić information content (AvgIpc) is 3.01. The number of aryl methyl sites for hydroxylation is 2. The van der Waals surface area contributed by atoms with E-state index >= 15 is 0 Å². The summed E-state index contributed by atoms with van der Waals surface area (Å²) in [5, 5.41) is 9.37. The Morgan fingerprint density at radius 1 is 1.40 bits per heavy atom. The van der Waals surface area contributed by atoms with E-state index in [9.17, 15) is 14.7 Å². The molecule has 2 rings (SSSR count). The Morgan fingerprint density at radius 2 is 2.10 bits per heavy atom. The summed E-state index contributed by atoms with van der Waals surface area (Å²) in [6.07, 6.45) is 2.72. The van der Waals surface area contributed by atoms with Crippen LogP contribution in [0, 0.1) is 0 Å². The van der Waals surface area contributed by atoms with Crippen molar-refractivity contribution in [3.8, 4) is 0 Å². The molecule has 1 aromatic heterocycles. The molecule has 0 aliphatic carbocycles. The molecule has 1 saturated heterocycles. The largest absolute Gasteiger partial charge is 0.480 e. The molecule has 0 bridgehead atoms. The number of likely N-dealkylation sites (tertiary alicyclic amines) is 1. The molecule has 0 saturated carbocycles. The van der Waals surface area contributed by atoms with Gasteiger partial charge in [0.25, 0.3) is 5.91 Å². The number of aliphatic carboxylic acids is 1. The van der Waals surface area contributed by atoms with Crippen molar-refractivity contribution < 1.29 is 19.1 Å². The second kappa shape index (κ2) is 5.31. The van der Waals surface area contributed by atoms with Gasteiger partial charge in [0, 0.05) is 13.0 Å². The number of rotatable bonds is 4. The minimum atomic E-state index is -1.12. The molecule has 1 aliphatic heterocycles. The molecule has 110 valence electrons. The van der Waals surface area contributed by atoms with Crippen molar-refractivity contribution >= 4 is 11.9 Å². The topological polar surface area (TPSA) is 70.8 Å². The number of amides is 1. The van der Waals surface area contributed by atoms with Crippen LogP contribution in [0.1, 0.15) is 55.5 Å². The lowest BCUT2D eigenvalue weighted by Crippen LogP contribution is -2.50. The van der Waals surface area contributed by atoms with Crippen molar-refractivity contribution in [1.82, 2.24) is 4.90 Å². The maximum atomic E-state index is 12.5. The molecule has 1 unspecified atom stereocenters. The molecule has 0 spiro atoms. The molecule has 0 aromatic carbocycles. The van der Waals surface area contributed by atoms with E-state index in [2.05, 4.69) is 0 Å². The van der Waals surface area contributed by atoms with Gasteiger partial charge < -0.3 is 14.4 Å². The first-order valence-corrected chi connectivity index (χ1v) is 7.11. The molecular formula is C15H21NO4. The van der Waals surface area contributed by atoms with Crippen molar-refractivity contribution in [2.75, 3.05) is 6.54 Å². The Bertz CT molecular complexity index is 512. The van der Waals surface area contributed by atoms with Crippen LogP contribution in [0.2, 0.25) is 0 Å². The number of carbonyl (C=O) groups excluding carboxylic acids is 1. The molecule has 5 nitrogen and oxygen atoms in total. The van der Waals surface area contributed by atoms with Crippen molar-refractivity contribution in [3.63, 3.8) is 0 Å². The minimum Gasteiger partial charge on any atom is -0.480 e. The third kappa shape index (κ3) is 2.21. The van der Waals surface area contributed by atoms with E-state index in [0.29, 0.717) is 19.4 Å². The second-order valence-corrected chi connectivity index (χ2v) is 5.41. The van der Waals surface area contributed by atoms with Crippen LogP contribution in [0.25, 0.3) is 0 Å². The first kappa shape index (κ1) is 14.6. The van der Waals surface area contributed by atoms with Crippen molar-refractivity contribution in [3.05, 3.63) is 23.2 Å². The zero-order valence-corrected chi connectivity index (χ0v) is 12.2. The first-order chi connectivity index (χ1) is 9.43. The van der Waals surface area contributed by atoms with Gasteiger partial charge >= 0.3 is 5.97 Å². The lowest BCUT2D eigenvalue weighted by atomic mass is 9.99. The number of carbonyl (C=O) groups is 2. The maximum Gasteiger partial charge on any atom is 0.329 e. The highest BCUT2D eigenvalue weighted by atomic mass is 16.4. The summed E-state index contributed by atoms with van der Waals surface area (Å²) in [7, 11) is 0. The van der Waals surface area contributed by atoms with E-state index in [1.807, 2.05) is 13.8 Å². The molecule has 1 atom stereocenters. The number of hydrogen-bond acceptors (Lipinski definition) is 3. The van der Waals surface area contributed by atoms with Crippen LogP contribution in [0.5, 0.6) is 0 Å². The van der Waals surface area contributed by atoms with Gasteiger partial charge in [-0.1, -0.05) is 13.8 Å². The Hall–Kier alpha value is -1.78. The molecule has 2 heterocycles. The molecular weight excluding hydrogens is 258 g/mol. The quantitative estimate of drug-likeness (QED) is 0.919. The normalized spacial score (nSPS) is 22.2. The second-order valence-electron chi connectivity index (χ2n) is 5.41. The Kier molecular flexibility index (Phi) is 3.88. The molecule has 1 N–H and O–H groups in total. The predicted molar refractivity (Wildman–Crippen MR) is 73.8 cm³/mol. The number of carboxylic acid groups (broad SMARTS) is 1. The fourth-order valence-corrected chi connectivity index (χ4v) is 2.81. The minimum absolute atomic E-state index is 0.257. The maximum absolute atomic E-state index is 12.5. The molecule has 1 fully saturated rings. The smallest absolute Gasteiger partial charge is 0.329 e. The van der Waals surface area contributed by atoms with Crippen molar-refractivity contribution in [1.29, 1.82) is 0 Å². The third-order valence-corrected chi connectivity index (χ3v) is 4.16. The van der Waals surface area contributed by atoms with Crippen LogP contribution >= 0.6 is 0 Å². The van der Waals surface area contributed by atoms with E-state index in [0.717, 1.165) is 24.2 Å². The summed E-state index contributed by atoms with van der Waals surface area (Å²) >= 11 is 0. The van der Waals surface area contributed by atoms with Crippen LogP contribution in [0.4, 0.5) is 0 Å². The molecule has 20 heavy (non-hydrogen) atoms. The average molecular weight is 279 g/mol. The third-order valence-electron chi connectivity index (χ3n) is 4.16. The van der Waals surface area contributed by atoms with Gasteiger partial charge in [0.2, 0.25) is 0 Å². The van der Waals surface area contributed by atoms with Gasteiger partial charge in [-0.3, -0.25) is 4.79 Å². The number of furan rings is 1. The molecule has 5 heteroatoms. The zero-order chi connectivity index (χ0) is 14.9.